The molecular weight excluding hydrogens is 328 g/mol. The van der Waals surface area contributed by atoms with E-state index in [9.17, 15) is 15.0 Å². The summed E-state index contributed by atoms with van der Waals surface area (Å²) in [7, 11) is 0. The number of likely N-dealkylation sites (tertiary alicyclic amines) is 1. The van der Waals surface area contributed by atoms with E-state index in [-0.39, 0.29) is 12.6 Å². The van der Waals surface area contributed by atoms with Crippen LogP contribution in [-0.2, 0) is 6.42 Å². The molecule has 0 aliphatic carbocycles. The Hall–Kier alpha value is -2.37. The summed E-state index contributed by atoms with van der Waals surface area (Å²) in [5, 5.41) is 19.1. The van der Waals surface area contributed by atoms with E-state index in [1.54, 1.807) is 0 Å². The van der Waals surface area contributed by atoms with E-state index in [4.69, 9.17) is 5.73 Å². The van der Waals surface area contributed by atoms with Crippen molar-refractivity contribution in [2.24, 2.45) is 5.73 Å². The van der Waals surface area contributed by atoms with Crippen molar-refractivity contribution >= 4 is 6.09 Å². The van der Waals surface area contributed by atoms with Gasteiger partial charge in [-0.15, -0.1) is 0 Å². The Morgan fingerprint density at radius 3 is 2.58 bits per heavy atom. The Morgan fingerprint density at radius 2 is 1.88 bits per heavy atom. The van der Waals surface area contributed by atoms with Crippen LogP contribution in [0.15, 0.2) is 54.6 Å². The molecule has 2 aromatic rings. The van der Waals surface area contributed by atoms with Crippen LogP contribution < -0.4 is 5.73 Å². The largest absolute Gasteiger partial charge is 0.465 e. The lowest BCUT2D eigenvalue weighted by molar-refractivity contribution is 0.0518. The lowest BCUT2D eigenvalue weighted by atomic mass is 9.77. The first-order chi connectivity index (χ1) is 12.5. The minimum absolute atomic E-state index is 0.0372. The predicted octanol–water partition coefficient (Wildman–Crippen LogP) is 3.12. The van der Waals surface area contributed by atoms with Crippen molar-refractivity contribution in [2.45, 2.75) is 37.3 Å². The summed E-state index contributed by atoms with van der Waals surface area (Å²) in [6, 6.07) is 17.9. The molecule has 1 saturated heterocycles. The maximum Gasteiger partial charge on any atom is 0.407 e. The van der Waals surface area contributed by atoms with Gasteiger partial charge in [-0.3, -0.25) is 0 Å². The summed E-state index contributed by atoms with van der Waals surface area (Å²) in [6.45, 7) is 0.452. The maximum absolute atomic E-state index is 11.7. The number of benzene rings is 2. The Labute approximate surface area is 154 Å². The lowest BCUT2D eigenvalue weighted by Crippen LogP contribution is -2.64. The zero-order chi connectivity index (χ0) is 18.6. The van der Waals surface area contributed by atoms with Crippen molar-refractivity contribution in [3.8, 4) is 11.1 Å². The summed E-state index contributed by atoms with van der Waals surface area (Å²) in [6.07, 6.45) is 1.45. The van der Waals surface area contributed by atoms with Crippen LogP contribution in [0, 0.1) is 0 Å². The maximum atomic E-state index is 11.7. The quantitative estimate of drug-likeness (QED) is 0.770. The minimum Gasteiger partial charge on any atom is -0.465 e. The first kappa shape index (κ1) is 18.4. The number of carboxylic acid groups (broad SMARTS) is 1. The highest BCUT2D eigenvalue weighted by atomic mass is 16.4. The number of hydrogen-bond donors (Lipinski definition) is 3. The van der Waals surface area contributed by atoms with Crippen LogP contribution in [-0.4, -0.2) is 45.9 Å². The number of amides is 1. The second kappa shape index (κ2) is 7.89. The average molecular weight is 354 g/mol. The summed E-state index contributed by atoms with van der Waals surface area (Å²) >= 11 is 0. The van der Waals surface area contributed by atoms with Gasteiger partial charge in [-0.1, -0.05) is 54.6 Å². The van der Waals surface area contributed by atoms with Crippen molar-refractivity contribution in [2.75, 3.05) is 13.2 Å². The Balaban J connectivity index is 1.90. The molecule has 1 aliphatic heterocycles. The summed E-state index contributed by atoms with van der Waals surface area (Å²) < 4.78 is 0. The van der Waals surface area contributed by atoms with Gasteiger partial charge in [-0.05, 0) is 42.4 Å². The van der Waals surface area contributed by atoms with E-state index < -0.39 is 11.6 Å². The van der Waals surface area contributed by atoms with Crippen LogP contribution in [0.1, 0.15) is 24.8 Å². The third-order valence-electron chi connectivity index (χ3n) is 5.37. The number of hydrogen-bond acceptors (Lipinski definition) is 3. The standard InChI is InChI=1S/C21H26N2O3/c22-21(11-13-24)10-5-12-23(20(25)26)19(21)15-16-6-4-9-18(14-16)17-7-2-1-3-8-17/h1-4,6-9,14,19,24H,5,10-13,15,22H2,(H,25,26). The van der Waals surface area contributed by atoms with E-state index in [0.29, 0.717) is 19.4 Å². The van der Waals surface area contributed by atoms with Crippen molar-refractivity contribution < 1.29 is 15.0 Å². The van der Waals surface area contributed by atoms with E-state index in [0.717, 1.165) is 29.5 Å². The number of nitrogens with zero attached hydrogens (tertiary/aromatic N) is 1. The Bertz CT molecular complexity index is 746. The molecule has 0 bridgehead atoms. The highest BCUT2D eigenvalue weighted by Crippen LogP contribution is 2.32. The second-order valence-corrected chi connectivity index (χ2v) is 7.07. The molecule has 0 aromatic heterocycles. The van der Waals surface area contributed by atoms with Gasteiger partial charge in [0.15, 0.2) is 0 Å². The number of piperidine rings is 1. The number of carbonyl (C=O) groups is 1. The third-order valence-corrected chi connectivity index (χ3v) is 5.37. The molecule has 1 heterocycles. The molecule has 2 unspecified atom stereocenters. The van der Waals surface area contributed by atoms with Gasteiger partial charge in [-0.25, -0.2) is 4.79 Å². The van der Waals surface area contributed by atoms with E-state index in [2.05, 4.69) is 24.3 Å². The van der Waals surface area contributed by atoms with Gasteiger partial charge in [0.2, 0.25) is 0 Å². The first-order valence-electron chi connectivity index (χ1n) is 9.07. The Kier molecular flexibility index (Phi) is 5.59. The summed E-state index contributed by atoms with van der Waals surface area (Å²) in [5.74, 6) is 0. The fraction of sp³-hybridized carbons (Fsp3) is 0.381. The molecule has 1 aliphatic rings. The molecule has 138 valence electrons. The van der Waals surface area contributed by atoms with Crippen LogP contribution in [0.2, 0.25) is 0 Å². The molecule has 0 spiro atoms. The fourth-order valence-corrected chi connectivity index (χ4v) is 3.99. The summed E-state index contributed by atoms with van der Waals surface area (Å²) in [5.41, 5.74) is 9.16. The molecule has 1 amide bonds. The number of nitrogens with two attached hydrogens (primary N) is 1. The van der Waals surface area contributed by atoms with Gasteiger partial charge in [0.25, 0.3) is 0 Å². The van der Waals surface area contributed by atoms with Gasteiger partial charge in [0.05, 0.1) is 6.04 Å². The van der Waals surface area contributed by atoms with Crippen LogP contribution in [0.4, 0.5) is 4.79 Å². The smallest absolute Gasteiger partial charge is 0.407 e. The summed E-state index contributed by atoms with van der Waals surface area (Å²) in [4.78, 5) is 13.2. The normalized spacial score (nSPS) is 23.0. The highest BCUT2D eigenvalue weighted by molar-refractivity contribution is 5.66. The van der Waals surface area contributed by atoms with Crippen LogP contribution in [0.5, 0.6) is 0 Å². The topological polar surface area (TPSA) is 86.8 Å². The molecule has 5 heteroatoms. The van der Waals surface area contributed by atoms with Gasteiger partial charge >= 0.3 is 6.09 Å². The van der Waals surface area contributed by atoms with Crippen LogP contribution in [0.25, 0.3) is 11.1 Å². The predicted molar refractivity (Wildman–Crippen MR) is 102 cm³/mol. The first-order valence-corrected chi connectivity index (χ1v) is 9.07. The minimum atomic E-state index is -0.943. The van der Waals surface area contributed by atoms with Gasteiger partial charge in [-0.2, -0.15) is 0 Å². The SMILES string of the molecule is NC1(CCO)CCCN(C(=O)O)C1Cc1cccc(-c2ccccc2)c1. The molecule has 4 N–H and O–H groups in total. The lowest BCUT2D eigenvalue weighted by Gasteiger charge is -2.47. The number of aliphatic hydroxyl groups is 1. The molecule has 0 saturated carbocycles. The van der Waals surface area contributed by atoms with E-state index in [1.807, 2.05) is 30.3 Å². The van der Waals surface area contributed by atoms with Gasteiger partial charge in [0.1, 0.15) is 0 Å². The highest BCUT2D eigenvalue weighted by Gasteiger charge is 2.43. The number of rotatable bonds is 5. The molecule has 1 fully saturated rings. The average Bonchev–Trinajstić information content (AvgIpc) is 2.64. The molecule has 5 nitrogen and oxygen atoms in total. The zero-order valence-electron chi connectivity index (χ0n) is 14.8. The van der Waals surface area contributed by atoms with E-state index >= 15 is 0 Å². The van der Waals surface area contributed by atoms with Crippen molar-refractivity contribution in [3.63, 3.8) is 0 Å². The van der Waals surface area contributed by atoms with Gasteiger partial charge < -0.3 is 20.8 Å². The molecule has 2 atom stereocenters. The molecular formula is C21H26N2O3. The van der Waals surface area contributed by atoms with Crippen molar-refractivity contribution in [1.29, 1.82) is 0 Å². The monoisotopic (exact) mass is 354 g/mol. The van der Waals surface area contributed by atoms with E-state index in [1.165, 1.54) is 4.90 Å². The van der Waals surface area contributed by atoms with Crippen molar-refractivity contribution in [1.82, 2.24) is 4.90 Å². The fourth-order valence-electron chi connectivity index (χ4n) is 3.99. The third kappa shape index (κ3) is 3.89. The Morgan fingerprint density at radius 1 is 1.15 bits per heavy atom. The molecule has 3 rings (SSSR count). The molecule has 26 heavy (non-hydrogen) atoms. The molecule has 2 aromatic carbocycles. The van der Waals surface area contributed by atoms with Crippen molar-refractivity contribution in [3.05, 3.63) is 60.2 Å². The number of aliphatic hydroxyl groups excluding tert-OH is 1. The molecule has 0 radical (unpaired) electrons. The van der Waals surface area contributed by atoms with Gasteiger partial charge in [0, 0.05) is 18.7 Å². The zero-order valence-corrected chi connectivity index (χ0v) is 14.8. The second-order valence-electron chi connectivity index (χ2n) is 7.07. The van der Waals surface area contributed by atoms with Crippen LogP contribution >= 0.6 is 0 Å². The van der Waals surface area contributed by atoms with Crippen LogP contribution in [0.3, 0.4) is 0 Å².